The van der Waals surface area contributed by atoms with E-state index in [9.17, 15) is 53.1 Å². The molecule has 21 N–H and O–H groups in total. The summed E-state index contributed by atoms with van der Waals surface area (Å²) in [5.74, 6) is -10.0. The van der Waals surface area contributed by atoms with E-state index < -0.39 is 127 Å². The van der Waals surface area contributed by atoms with Gasteiger partial charge in [-0.3, -0.25) is 48.1 Å². The number of aliphatic imine (C=N–C) groups is 1. The molecule has 0 spiro atoms. The highest BCUT2D eigenvalue weighted by Crippen LogP contribution is 2.10. The molecular weight excluding hydrogens is 820 g/mol. The van der Waals surface area contributed by atoms with E-state index in [2.05, 4.69) is 42.2 Å². The number of carboxylic acid groups (broad SMARTS) is 1. The lowest BCUT2D eigenvalue weighted by atomic mass is 10.0. The molecule has 0 heterocycles. The molecule has 0 radical (unpaired) electrons. The van der Waals surface area contributed by atoms with Crippen LogP contribution in [0, 0.1) is 5.92 Å². The maximum atomic E-state index is 13.8. The van der Waals surface area contributed by atoms with Gasteiger partial charge in [0.15, 0.2) is 5.96 Å². The van der Waals surface area contributed by atoms with Crippen LogP contribution in [0.3, 0.4) is 0 Å². The Morgan fingerprint density at radius 3 is 1.47 bits per heavy atom. The van der Waals surface area contributed by atoms with Crippen molar-refractivity contribution in [2.75, 3.05) is 19.7 Å². The highest BCUT2D eigenvalue weighted by atomic mass is 16.4. The van der Waals surface area contributed by atoms with E-state index in [1.54, 1.807) is 13.8 Å². The Kier molecular flexibility index (Phi) is 26.3. The molecule has 0 aromatic rings. The summed E-state index contributed by atoms with van der Waals surface area (Å²) in [5, 5.41) is 35.5. The number of nitrogens with zero attached hydrogens (tertiary/aromatic N) is 1. The van der Waals surface area contributed by atoms with Gasteiger partial charge in [-0.2, -0.15) is 0 Å². The molecule has 0 aliphatic carbocycles. The topological polar surface area (TPSA) is 464 Å². The molecule has 0 aromatic heterocycles. The van der Waals surface area contributed by atoms with Crippen LogP contribution in [0.2, 0.25) is 0 Å². The van der Waals surface area contributed by atoms with Crippen LogP contribution in [0.5, 0.6) is 0 Å². The quantitative estimate of drug-likeness (QED) is 0.0175. The molecule has 0 bridgehead atoms. The number of aliphatic hydroxyl groups is 1. The second-order valence-corrected chi connectivity index (χ2v) is 14.9. The minimum Gasteiger partial charge on any atom is -0.480 e. The first-order valence-corrected chi connectivity index (χ1v) is 20.0. The third kappa shape index (κ3) is 23.0. The fraction of sp³-hybridized carbons (Fsp3) is 0.694. The highest BCUT2D eigenvalue weighted by Gasteiger charge is 2.33. The average molecular weight is 887 g/mol. The number of hydrogen-bond acceptors (Lipinski definition) is 14. The van der Waals surface area contributed by atoms with Gasteiger partial charge in [0, 0.05) is 13.0 Å². The number of hydrogen-bond donors (Lipinski definition) is 15. The summed E-state index contributed by atoms with van der Waals surface area (Å²) in [5.41, 5.74) is 32.3. The number of rotatable bonds is 31. The summed E-state index contributed by atoms with van der Waals surface area (Å²) in [6.07, 6.45) is -0.511. The molecule has 8 atom stereocenters. The Bertz CT molecular complexity index is 1590. The summed E-state index contributed by atoms with van der Waals surface area (Å²) in [6.45, 7) is 5.70. The van der Waals surface area contributed by atoms with Crippen molar-refractivity contribution in [2.24, 2.45) is 45.3 Å². The Morgan fingerprint density at radius 1 is 0.548 bits per heavy atom. The van der Waals surface area contributed by atoms with Crippen molar-refractivity contribution in [3.8, 4) is 0 Å². The number of unbranched alkanes of at least 4 members (excludes halogenated alkanes) is 1. The summed E-state index contributed by atoms with van der Waals surface area (Å²) >= 11 is 0. The van der Waals surface area contributed by atoms with Gasteiger partial charge in [-0.15, -0.1) is 0 Å². The van der Waals surface area contributed by atoms with E-state index in [4.69, 9.17) is 39.5 Å². The molecule has 0 aromatic carbocycles. The number of aliphatic carboxylic acids is 1. The van der Waals surface area contributed by atoms with Crippen molar-refractivity contribution in [2.45, 2.75) is 134 Å². The lowest BCUT2D eigenvalue weighted by Gasteiger charge is -2.27. The molecule has 26 heteroatoms. The zero-order chi connectivity index (χ0) is 47.7. The van der Waals surface area contributed by atoms with Gasteiger partial charge in [-0.1, -0.05) is 13.8 Å². The van der Waals surface area contributed by atoms with E-state index in [0.717, 1.165) is 0 Å². The highest BCUT2D eigenvalue weighted by molar-refractivity contribution is 5.98. The lowest BCUT2D eigenvalue weighted by molar-refractivity contribution is -0.142. The Labute approximate surface area is 358 Å². The summed E-state index contributed by atoms with van der Waals surface area (Å²) in [6, 6.07) is -11.1. The van der Waals surface area contributed by atoms with Crippen LogP contribution in [0.1, 0.15) is 85.5 Å². The van der Waals surface area contributed by atoms with Crippen LogP contribution in [-0.2, 0) is 47.9 Å². The number of amides is 9. The van der Waals surface area contributed by atoms with Gasteiger partial charge in [-0.25, -0.2) is 4.79 Å². The SMILES string of the molecule is CC(C)C[C@H](NC(=O)[C@H](CCCCN)NC(=O)[C@H](CCCN=C(N)N)NC(=O)[C@H](C)NC(=O)[C@@H](N)CO)C(=O)N[C@@H](C)C(=O)N[C@@H](CC(N)=O)C(=O)N[C@@H](CCC(N)=O)C(=O)O. The standard InChI is InChI=1S/C36H66N14O12/c1-17(2)14-24(33(59)45-19(4)29(55)49-25(15-27(40)53)34(60)48-23(35(61)62)10-11-26(39)52)50-32(58)21(8-5-6-12-37)47-31(57)22(9-7-13-43-36(41)42)46-28(54)18(3)44-30(56)20(38)16-51/h17-25,51H,5-16,37-38H2,1-4H3,(H2,39,52)(H2,40,53)(H,44,56)(H,45,59)(H,46,54)(H,47,57)(H,48,60)(H,49,55)(H,50,58)(H,61,62)(H4,41,42,43)/t18-,19-,20-,21-,22-,23-,24-,25-/m0/s1. The molecule has 0 saturated carbocycles. The number of nitrogens with one attached hydrogen (secondary N) is 7. The van der Waals surface area contributed by atoms with Crippen LogP contribution in [0.25, 0.3) is 0 Å². The molecular formula is C36H66N14O12. The van der Waals surface area contributed by atoms with Gasteiger partial charge in [0.05, 0.1) is 13.0 Å². The lowest BCUT2D eigenvalue weighted by Crippen LogP contribution is -2.60. The summed E-state index contributed by atoms with van der Waals surface area (Å²) in [7, 11) is 0. The molecule has 0 rings (SSSR count). The molecule has 26 nitrogen and oxygen atoms in total. The Balaban J connectivity index is 6.25. The predicted octanol–water partition coefficient (Wildman–Crippen LogP) is -6.81. The third-order valence-electron chi connectivity index (χ3n) is 8.87. The largest absolute Gasteiger partial charge is 0.480 e. The average Bonchev–Trinajstić information content (AvgIpc) is 3.18. The van der Waals surface area contributed by atoms with Crippen LogP contribution in [-0.4, -0.2) is 143 Å². The molecule has 0 unspecified atom stereocenters. The molecule has 0 saturated heterocycles. The van der Waals surface area contributed by atoms with Crippen molar-refractivity contribution in [3.05, 3.63) is 0 Å². The number of aliphatic hydroxyl groups excluding tert-OH is 1. The zero-order valence-electron chi connectivity index (χ0n) is 35.6. The van der Waals surface area contributed by atoms with E-state index in [0.29, 0.717) is 12.8 Å². The maximum absolute atomic E-state index is 13.8. The van der Waals surface area contributed by atoms with Crippen molar-refractivity contribution in [3.63, 3.8) is 0 Å². The van der Waals surface area contributed by atoms with Crippen molar-refractivity contribution >= 4 is 65.1 Å². The molecule has 9 amide bonds. The first-order chi connectivity index (χ1) is 28.9. The smallest absolute Gasteiger partial charge is 0.326 e. The van der Waals surface area contributed by atoms with E-state index in [1.807, 2.05) is 0 Å². The molecule has 62 heavy (non-hydrogen) atoms. The first-order valence-electron chi connectivity index (χ1n) is 20.0. The number of nitrogens with two attached hydrogens (primary N) is 6. The third-order valence-corrected chi connectivity index (χ3v) is 8.87. The van der Waals surface area contributed by atoms with Gasteiger partial charge in [-0.05, 0) is 71.3 Å². The number of carboxylic acids is 1. The fourth-order valence-corrected chi connectivity index (χ4v) is 5.45. The van der Waals surface area contributed by atoms with Gasteiger partial charge in [0.25, 0.3) is 0 Å². The minimum absolute atomic E-state index is 0.0297. The Hall–Kier alpha value is -6.15. The zero-order valence-corrected chi connectivity index (χ0v) is 35.6. The molecule has 0 aliphatic heterocycles. The predicted molar refractivity (Wildman–Crippen MR) is 222 cm³/mol. The minimum atomic E-state index is -1.69. The normalized spacial score (nSPS) is 14.8. The number of carbonyl (C=O) groups is 10. The maximum Gasteiger partial charge on any atom is 0.326 e. The summed E-state index contributed by atoms with van der Waals surface area (Å²) in [4.78, 5) is 131. The van der Waals surface area contributed by atoms with Gasteiger partial charge in [0.1, 0.15) is 48.3 Å². The monoisotopic (exact) mass is 886 g/mol. The number of primary amides is 2. The van der Waals surface area contributed by atoms with Gasteiger partial charge in [0.2, 0.25) is 53.2 Å². The van der Waals surface area contributed by atoms with Crippen molar-refractivity contribution < 1.29 is 58.2 Å². The fourth-order valence-electron chi connectivity index (χ4n) is 5.45. The van der Waals surface area contributed by atoms with Crippen molar-refractivity contribution in [1.29, 1.82) is 0 Å². The van der Waals surface area contributed by atoms with Crippen LogP contribution in [0.4, 0.5) is 0 Å². The van der Waals surface area contributed by atoms with Crippen LogP contribution >= 0.6 is 0 Å². The van der Waals surface area contributed by atoms with Gasteiger partial charge < -0.3 is 81.8 Å². The van der Waals surface area contributed by atoms with Crippen molar-refractivity contribution in [1.82, 2.24) is 37.2 Å². The molecule has 352 valence electrons. The van der Waals surface area contributed by atoms with Crippen LogP contribution in [0.15, 0.2) is 4.99 Å². The van der Waals surface area contributed by atoms with E-state index >= 15 is 0 Å². The van der Waals surface area contributed by atoms with E-state index in [-0.39, 0.29) is 57.1 Å². The Morgan fingerprint density at radius 2 is 1.00 bits per heavy atom. The second-order valence-electron chi connectivity index (χ2n) is 14.9. The second kappa shape index (κ2) is 29.2. The summed E-state index contributed by atoms with van der Waals surface area (Å²) < 4.78 is 0. The first kappa shape index (κ1) is 55.8. The number of guanidine groups is 1. The molecule has 0 fully saturated rings. The van der Waals surface area contributed by atoms with Crippen LogP contribution < -0.4 is 71.6 Å². The van der Waals surface area contributed by atoms with E-state index in [1.165, 1.54) is 13.8 Å². The number of carbonyl (C=O) groups excluding carboxylic acids is 9. The molecule has 0 aliphatic rings. The van der Waals surface area contributed by atoms with Gasteiger partial charge >= 0.3 is 5.97 Å².